The monoisotopic (exact) mass is 184 g/mol. The van der Waals surface area contributed by atoms with Gasteiger partial charge in [0.15, 0.2) is 0 Å². The van der Waals surface area contributed by atoms with Crippen LogP contribution in [0.5, 0.6) is 5.75 Å². The van der Waals surface area contributed by atoms with E-state index in [-0.39, 0.29) is 11.3 Å². The fourth-order valence-electron chi connectivity index (χ4n) is 0.846. The topological polar surface area (TPSA) is 89.3 Å². The summed E-state index contributed by atoms with van der Waals surface area (Å²) in [6.45, 7) is 0. The van der Waals surface area contributed by atoms with E-state index < -0.39 is 11.7 Å². The summed E-state index contributed by atoms with van der Waals surface area (Å²) in [6, 6.07) is 4.83. The summed E-state index contributed by atoms with van der Waals surface area (Å²) in [7, 11) is 0. The maximum atomic E-state index is 13.3. The van der Waals surface area contributed by atoms with Gasteiger partial charge in [0.1, 0.15) is 5.75 Å². The highest BCUT2D eigenvalue weighted by molar-refractivity contribution is 5.84. The van der Waals surface area contributed by atoms with Crippen LogP contribution in [-0.2, 0) is 10.6 Å². The molecular weight excluding hydrogens is 175 g/mol. The van der Waals surface area contributed by atoms with E-state index in [1.807, 2.05) is 0 Å². The van der Waals surface area contributed by atoms with Crippen molar-refractivity contribution < 1.29 is 14.3 Å². The third-order valence-corrected chi connectivity index (χ3v) is 1.65. The molecule has 0 heterocycles. The third-order valence-electron chi connectivity index (χ3n) is 1.65. The Kier molecular flexibility index (Phi) is 2.20. The summed E-state index contributed by atoms with van der Waals surface area (Å²) < 4.78 is 13.3. The second kappa shape index (κ2) is 3.02. The van der Waals surface area contributed by atoms with E-state index in [0.717, 1.165) is 0 Å². The average molecular weight is 184 g/mol. The number of primary amides is 1. The molecule has 0 bridgehead atoms. The molecule has 0 radical (unpaired) electrons. The van der Waals surface area contributed by atoms with Gasteiger partial charge in [-0.2, -0.15) is 0 Å². The lowest BCUT2D eigenvalue weighted by Gasteiger charge is -2.15. The van der Waals surface area contributed by atoms with Crippen LogP contribution in [0.1, 0.15) is 5.56 Å². The Bertz CT molecular complexity index is 321. The van der Waals surface area contributed by atoms with Crippen molar-refractivity contribution in [1.29, 1.82) is 0 Å². The Balaban J connectivity index is 3.08. The molecule has 1 aromatic carbocycles. The summed E-state index contributed by atoms with van der Waals surface area (Å²) in [5.74, 6) is -3.99. The Hall–Kier alpha value is -1.62. The summed E-state index contributed by atoms with van der Waals surface area (Å²) in [4.78, 5) is 10.6. The van der Waals surface area contributed by atoms with Gasteiger partial charge in [-0.1, -0.05) is 12.1 Å². The molecule has 1 aromatic rings. The van der Waals surface area contributed by atoms with Gasteiger partial charge in [0.25, 0.3) is 11.7 Å². The van der Waals surface area contributed by atoms with Crippen LogP contribution in [0, 0.1) is 0 Å². The number of hydrogen-bond donors (Lipinski definition) is 3. The smallest absolute Gasteiger partial charge is 0.274 e. The van der Waals surface area contributed by atoms with Crippen molar-refractivity contribution in [1.82, 2.24) is 0 Å². The quantitative estimate of drug-likeness (QED) is 0.563. The van der Waals surface area contributed by atoms with Crippen molar-refractivity contribution in [2.45, 2.75) is 5.79 Å². The lowest BCUT2D eigenvalue weighted by molar-refractivity contribution is -0.129. The number of aromatic hydroxyl groups is 1. The molecule has 0 spiro atoms. The van der Waals surface area contributed by atoms with Crippen molar-refractivity contribution in [2.75, 3.05) is 0 Å². The van der Waals surface area contributed by atoms with E-state index in [1.165, 1.54) is 24.3 Å². The zero-order valence-corrected chi connectivity index (χ0v) is 6.70. The van der Waals surface area contributed by atoms with Crippen molar-refractivity contribution in [3.8, 4) is 5.75 Å². The first-order valence-electron chi connectivity index (χ1n) is 3.52. The van der Waals surface area contributed by atoms with Crippen molar-refractivity contribution in [3.05, 3.63) is 29.8 Å². The van der Waals surface area contributed by atoms with E-state index in [9.17, 15) is 9.18 Å². The molecule has 70 valence electrons. The Morgan fingerprint density at radius 2 is 1.85 bits per heavy atom. The number of carbonyl (C=O) groups excluding carboxylic acids is 1. The molecule has 5 N–H and O–H groups in total. The molecule has 0 aromatic heterocycles. The highest BCUT2D eigenvalue weighted by atomic mass is 19.1. The summed E-state index contributed by atoms with van der Waals surface area (Å²) in [5, 5.41) is 8.88. The number of benzene rings is 1. The highest BCUT2D eigenvalue weighted by Crippen LogP contribution is 2.21. The fraction of sp³-hybridized carbons (Fsp3) is 0.125. The fourth-order valence-corrected chi connectivity index (χ4v) is 0.846. The minimum absolute atomic E-state index is 0.0379. The molecule has 4 nitrogen and oxygen atoms in total. The molecule has 1 unspecified atom stereocenters. The zero-order valence-electron chi connectivity index (χ0n) is 6.70. The van der Waals surface area contributed by atoms with Crippen molar-refractivity contribution >= 4 is 5.91 Å². The molecule has 1 rings (SSSR count). The van der Waals surface area contributed by atoms with Gasteiger partial charge in [-0.25, -0.2) is 4.39 Å². The number of rotatable bonds is 2. The van der Waals surface area contributed by atoms with Gasteiger partial charge in [-0.15, -0.1) is 0 Å². The number of carbonyl (C=O) groups is 1. The Morgan fingerprint density at radius 3 is 2.23 bits per heavy atom. The van der Waals surface area contributed by atoms with E-state index in [2.05, 4.69) is 0 Å². The maximum absolute atomic E-state index is 13.3. The van der Waals surface area contributed by atoms with Gasteiger partial charge in [0, 0.05) is 5.56 Å². The number of nitrogens with two attached hydrogens (primary N) is 2. The molecule has 0 aliphatic heterocycles. The first-order chi connectivity index (χ1) is 5.94. The van der Waals surface area contributed by atoms with Gasteiger partial charge in [0.2, 0.25) is 0 Å². The second-order valence-electron chi connectivity index (χ2n) is 2.62. The minimum Gasteiger partial charge on any atom is -0.508 e. The molecule has 0 aliphatic carbocycles. The summed E-state index contributed by atoms with van der Waals surface area (Å²) in [6.07, 6.45) is 0. The maximum Gasteiger partial charge on any atom is 0.274 e. The number of hydrogen-bond acceptors (Lipinski definition) is 3. The molecule has 0 fully saturated rings. The Morgan fingerprint density at radius 1 is 1.38 bits per heavy atom. The summed E-state index contributed by atoms with van der Waals surface area (Å²) >= 11 is 0. The normalized spacial score (nSPS) is 14.9. The van der Waals surface area contributed by atoms with Gasteiger partial charge in [-0.05, 0) is 12.1 Å². The molecule has 0 saturated carbocycles. The predicted octanol–water partition coefficient (Wildman–Crippen LogP) is -0.0415. The molecule has 0 aliphatic rings. The lowest BCUT2D eigenvalue weighted by atomic mass is 10.1. The Labute approximate surface area is 74.0 Å². The van der Waals surface area contributed by atoms with Gasteiger partial charge >= 0.3 is 0 Å². The van der Waals surface area contributed by atoms with Crippen molar-refractivity contribution in [3.63, 3.8) is 0 Å². The predicted molar refractivity (Wildman–Crippen MR) is 44.3 cm³/mol. The van der Waals surface area contributed by atoms with Crippen LogP contribution >= 0.6 is 0 Å². The summed E-state index contributed by atoms with van der Waals surface area (Å²) in [5.41, 5.74) is 9.66. The largest absolute Gasteiger partial charge is 0.508 e. The van der Waals surface area contributed by atoms with E-state index in [1.54, 1.807) is 0 Å². The van der Waals surface area contributed by atoms with Crippen LogP contribution in [-0.4, -0.2) is 11.0 Å². The van der Waals surface area contributed by atoms with Crippen LogP contribution in [0.2, 0.25) is 0 Å². The molecule has 0 saturated heterocycles. The minimum atomic E-state index is -2.69. The SMILES string of the molecule is NC(=O)C(N)(F)c1ccc(O)cc1. The third kappa shape index (κ3) is 1.75. The molecular formula is C8H9FN2O2. The standard InChI is InChI=1S/C8H9FN2O2/c9-8(11,7(10)13)5-1-3-6(12)4-2-5/h1-4,12H,11H2,(H2,10,13). The van der Waals surface area contributed by atoms with Gasteiger partial charge in [0.05, 0.1) is 0 Å². The number of phenols is 1. The van der Waals surface area contributed by atoms with Crippen LogP contribution in [0.15, 0.2) is 24.3 Å². The van der Waals surface area contributed by atoms with Gasteiger partial charge < -0.3 is 10.8 Å². The van der Waals surface area contributed by atoms with Crippen LogP contribution < -0.4 is 11.5 Å². The van der Waals surface area contributed by atoms with Crippen LogP contribution in [0.4, 0.5) is 4.39 Å². The number of halogens is 1. The molecule has 1 atom stereocenters. The zero-order chi connectivity index (χ0) is 10.1. The first kappa shape index (κ1) is 9.47. The lowest BCUT2D eigenvalue weighted by Crippen LogP contribution is -2.45. The highest BCUT2D eigenvalue weighted by Gasteiger charge is 2.33. The van der Waals surface area contributed by atoms with E-state index in [0.29, 0.717) is 0 Å². The van der Waals surface area contributed by atoms with Crippen molar-refractivity contribution in [2.24, 2.45) is 11.5 Å². The van der Waals surface area contributed by atoms with Gasteiger partial charge in [-0.3, -0.25) is 10.5 Å². The number of phenolic OH excluding ortho intramolecular Hbond substituents is 1. The molecule has 1 amide bonds. The second-order valence-corrected chi connectivity index (χ2v) is 2.62. The first-order valence-corrected chi connectivity index (χ1v) is 3.52. The number of amides is 1. The van der Waals surface area contributed by atoms with Crippen LogP contribution in [0.3, 0.4) is 0 Å². The van der Waals surface area contributed by atoms with E-state index >= 15 is 0 Å². The number of alkyl halides is 1. The average Bonchev–Trinajstić information content (AvgIpc) is 2.04. The molecule has 5 heteroatoms. The van der Waals surface area contributed by atoms with E-state index in [4.69, 9.17) is 16.6 Å². The molecule has 13 heavy (non-hydrogen) atoms. The van der Waals surface area contributed by atoms with Crippen LogP contribution in [0.25, 0.3) is 0 Å².